The molecule has 0 aromatic carbocycles. The Morgan fingerprint density at radius 2 is 0.588 bits per heavy atom. The Kier molecular flexibility index (Phi) is 52.0. The minimum Gasteiger partial charge on any atom is -0.462 e. The predicted octanol–water partition coefficient (Wildman–Crippen LogP) is 18.5. The first-order valence-corrected chi connectivity index (χ1v) is 27.5. The van der Waals surface area contributed by atoms with Crippen molar-refractivity contribution < 1.29 is 28.6 Å². The molecule has 0 heterocycles. The molecule has 1 unspecified atom stereocenters. The van der Waals surface area contributed by atoms with Crippen LogP contribution >= 0.6 is 0 Å². The number of carbonyl (C=O) groups is 3. The van der Waals surface area contributed by atoms with Crippen LogP contribution in [0, 0.1) is 0 Å². The third kappa shape index (κ3) is 52.8. The molecule has 68 heavy (non-hydrogen) atoms. The van der Waals surface area contributed by atoms with E-state index in [9.17, 15) is 14.4 Å². The second kappa shape index (κ2) is 55.4. The molecule has 0 aliphatic heterocycles. The number of esters is 3. The smallest absolute Gasteiger partial charge is 0.306 e. The van der Waals surface area contributed by atoms with Crippen LogP contribution in [0.4, 0.5) is 0 Å². The van der Waals surface area contributed by atoms with Crippen LogP contribution in [0.1, 0.15) is 233 Å². The molecule has 0 aliphatic rings. The zero-order chi connectivity index (χ0) is 49.3. The molecular weight excluding hydrogens is 841 g/mol. The van der Waals surface area contributed by atoms with E-state index in [1.54, 1.807) is 0 Å². The number of hydrogen-bond donors (Lipinski definition) is 0. The van der Waals surface area contributed by atoms with Crippen molar-refractivity contribution >= 4 is 17.9 Å². The SMILES string of the molecule is CC/C=C\C/C=C\C/C=C\C/C=C\C/C=C\C/C=C\C/C=C\C/C=C\CCCCC(=O)OCC(COC(=O)CCCCCCCCCCC)OC(=O)CCCCCCC/C=C\C/C=C\CCCC. The number of carbonyl (C=O) groups excluding carboxylic acids is 3. The van der Waals surface area contributed by atoms with Gasteiger partial charge >= 0.3 is 17.9 Å². The molecule has 0 rings (SSSR count). The van der Waals surface area contributed by atoms with Crippen molar-refractivity contribution in [2.24, 2.45) is 0 Å². The van der Waals surface area contributed by atoms with Crippen molar-refractivity contribution in [3.8, 4) is 0 Å². The predicted molar refractivity (Wildman–Crippen MR) is 293 cm³/mol. The largest absolute Gasteiger partial charge is 0.462 e. The topological polar surface area (TPSA) is 78.9 Å². The van der Waals surface area contributed by atoms with Gasteiger partial charge in [0.2, 0.25) is 0 Å². The summed E-state index contributed by atoms with van der Waals surface area (Å²) in [6.07, 6.45) is 76.2. The van der Waals surface area contributed by atoms with Crippen LogP contribution in [0.15, 0.2) is 122 Å². The summed E-state index contributed by atoms with van der Waals surface area (Å²) in [5, 5.41) is 0. The summed E-state index contributed by atoms with van der Waals surface area (Å²) < 4.78 is 16.7. The molecule has 0 aromatic rings. The van der Waals surface area contributed by atoms with E-state index in [4.69, 9.17) is 14.2 Å². The fourth-order valence-electron chi connectivity index (χ4n) is 7.06. The lowest BCUT2D eigenvalue weighted by molar-refractivity contribution is -0.167. The molecule has 0 amide bonds. The Hall–Kier alpha value is -4.19. The third-order valence-corrected chi connectivity index (χ3v) is 11.2. The standard InChI is InChI=1S/C62H100O6/c1-4-7-10-13-16-19-21-23-25-26-27-28-29-30-31-32-33-34-35-36-37-39-40-43-46-49-52-55-61(64)67-58-59(57-66-60(63)54-51-48-45-42-18-15-12-9-6-3)68-62(65)56-53-50-47-44-41-38-24-22-20-17-14-11-8-5-2/h7,10,14,16-17,19,22-25,27-28,30-31,33-34,36-37,40,43,59H,4-6,8-9,11-13,15,18,20-21,26,29,32,35,38-39,41-42,44-58H2,1-3H3/b10-7-,17-14-,19-16-,24-22-,25-23-,28-27-,31-30-,34-33-,37-36-,43-40-. The molecule has 0 saturated carbocycles. The molecule has 0 saturated heterocycles. The first-order chi connectivity index (χ1) is 33.5. The summed E-state index contributed by atoms with van der Waals surface area (Å²) in [6, 6.07) is 0. The van der Waals surface area contributed by atoms with Gasteiger partial charge in [-0.15, -0.1) is 0 Å². The van der Waals surface area contributed by atoms with E-state index >= 15 is 0 Å². The van der Waals surface area contributed by atoms with Gasteiger partial charge in [-0.1, -0.05) is 226 Å². The van der Waals surface area contributed by atoms with Gasteiger partial charge in [0.1, 0.15) is 13.2 Å². The van der Waals surface area contributed by atoms with Gasteiger partial charge in [-0.05, 0) is 109 Å². The molecule has 0 fully saturated rings. The van der Waals surface area contributed by atoms with Gasteiger partial charge in [0.05, 0.1) is 0 Å². The highest BCUT2D eigenvalue weighted by molar-refractivity contribution is 5.71. The summed E-state index contributed by atoms with van der Waals surface area (Å²) in [6.45, 7) is 6.40. The highest BCUT2D eigenvalue weighted by Crippen LogP contribution is 2.13. The van der Waals surface area contributed by atoms with Crippen LogP contribution in [-0.2, 0) is 28.6 Å². The van der Waals surface area contributed by atoms with E-state index < -0.39 is 6.10 Å². The van der Waals surface area contributed by atoms with Crippen molar-refractivity contribution in [1.82, 2.24) is 0 Å². The van der Waals surface area contributed by atoms with Gasteiger partial charge in [-0.2, -0.15) is 0 Å². The van der Waals surface area contributed by atoms with Crippen LogP contribution < -0.4 is 0 Å². The molecule has 6 nitrogen and oxygen atoms in total. The maximum absolute atomic E-state index is 12.8. The lowest BCUT2D eigenvalue weighted by Crippen LogP contribution is -2.30. The van der Waals surface area contributed by atoms with E-state index in [0.717, 1.165) is 128 Å². The molecule has 0 N–H and O–H groups in total. The Balaban J connectivity index is 4.38. The number of hydrogen-bond acceptors (Lipinski definition) is 6. The monoisotopic (exact) mass is 941 g/mol. The van der Waals surface area contributed by atoms with E-state index in [2.05, 4.69) is 142 Å². The number of unbranched alkanes of at least 4 members (excludes halogenated alkanes) is 17. The Morgan fingerprint density at radius 1 is 0.309 bits per heavy atom. The van der Waals surface area contributed by atoms with Gasteiger partial charge in [-0.3, -0.25) is 14.4 Å². The molecular formula is C62H100O6. The molecule has 0 radical (unpaired) electrons. The fourth-order valence-corrected chi connectivity index (χ4v) is 7.06. The van der Waals surface area contributed by atoms with Crippen molar-refractivity contribution in [1.29, 1.82) is 0 Å². The van der Waals surface area contributed by atoms with Crippen molar-refractivity contribution in [3.63, 3.8) is 0 Å². The maximum atomic E-state index is 12.8. The Labute approximate surface area is 418 Å². The van der Waals surface area contributed by atoms with Crippen molar-refractivity contribution in [2.45, 2.75) is 239 Å². The summed E-state index contributed by atoms with van der Waals surface area (Å²) in [7, 11) is 0. The van der Waals surface area contributed by atoms with Crippen LogP contribution in [0.3, 0.4) is 0 Å². The molecule has 384 valence electrons. The average Bonchev–Trinajstić information content (AvgIpc) is 3.34. The highest BCUT2D eigenvalue weighted by atomic mass is 16.6. The Bertz CT molecular complexity index is 1450. The quantitative estimate of drug-likeness (QED) is 0.0262. The van der Waals surface area contributed by atoms with E-state index in [-0.39, 0.29) is 31.1 Å². The Morgan fingerprint density at radius 3 is 0.971 bits per heavy atom. The van der Waals surface area contributed by atoms with Crippen molar-refractivity contribution in [2.75, 3.05) is 13.2 Å². The molecule has 0 bridgehead atoms. The highest BCUT2D eigenvalue weighted by Gasteiger charge is 2.19. The number of allylic oxidation sites excluding steroid dienone is 20. The zero-order valence-corrected chi connectivity index (χ0v) is 43.8. The summed E-state index contributed by atoms with van der Waals surface area (Å²) in [4.78, 5) is 37.9. The molecule has 0 aliphatic carbocycles. The first-order valence-electron chi connectivity index (χ1n) is 27.5. The maximum Gasteiger partial charge on any atom is 0.306 e. The lowest BCUT2D eigenvalue weighted by atomic mass is 10.1. The third-order valence-electron chi connectivity index (χ3n) is 11.2. The van der Waals surface area contributed by atoms with Crippen LogP contribution in [0.5, 0.6) is 0 Å². The van der Waals surface area contributed by atoms with E-state index in [0.29, 0.717) is 25.7 Å². The van der Waals surface area contributed by atoms with Crippen molar-refractivity contribution in [3.05, 3.63) is 122 Å². The minimum absolute atomic E-state index is 0.0992. The van der Waals surface area contributed by atoms with Crippen LogP contribution in [0.25, 0.3) is 0 Å². The summed E-state index contributed by atoms with van der Waals surface area (Å²) >= 11 is 0. The van der Waals surface area contributed by atoms with Crippen LogP contribution in [-0.4, -0.2) is 37.2 Å². The zero-order valence-electron chi connectivity index (χ0n) is 43.8. The van der Waals surface area contributed by atoms with Crippen LogP contribution in [0.2, 0.25) is 0 Å². The van der Waals surface area contributed by atoms with Gasteiger partial charge in [0.15, 0.2) is 6.10 Å². The van der Waals surface area contributed by atoms with Gasteiger partial charge in [0, 0.05) is 19.3 Å². The van der Waals surface area contributed by atoms with Gasteiger partial charge < -0.3 is 14.2 Å². The minimum atomic E-state index is -0.804. The molecule has 1 atom stereocenters. The number of ether oxygens (including phenoxy) is 3. The average molecular weight is 941 g/mol. The van der Waals surface area contributed by atoms with E-state index in [1.807, 2.05) is 0 Å². The summed E-state index contributed by atoms with van der Waals surface area (Å²) in [5.41, 5.74) is 0. The molecule has 0 aromatic heterocycles. The fraction of sp³-hybridized carbons (Fsp3) is 0.629. The second-order valence-electron chi connectivity index (χ2n) is 17.8. The molecule has 6 heteroatoms. The molecule has 0 spiro atoms. The van der Waals surface area contributed by atoms with Gasteiger partial charge in [-0.25, -0.2) is 0 Å². The van der Waals surface area contributed by atoms with E-state index in [1.165, 1.54) is 57.8 Å². The normalized spacial score (nSPS) is 13.0. The first kappa shape index (κ1) is 63.8. The number of rotatable bonds is 48. The van der Waals surface area contributed by atoms with Gasteiger partial charge in [0.25, 0.3) is 0 Å². The summed E-state index contributed by atoms with van der Waals surface area (Å²) in [5.74, 6) is -0.968. The lowest BCUT2D eigenvalue weighted by Gasteiger charge is -2.18. The second-order valence-corrected chi connectivity index (χ2v) is 17.8.